The van der Waals surface area contributed by atoms with Crippen molar-refractivity contribution in [2.45, 2.75) is 0 Å². The number of fused-ring (bicyclic) bond motifs is 1. The first-order valence-electron chi connectivity index (χ1n) is 7.41. The van der Waals surface area contributed by atoms with Crippen LogP contribution in [0.1, 0.15) is 5.56 Å². The van der Waals surface area contributed by atoms with Crippen molar-refractivity contribution < 1.29 is 9.53 Å². The summed E-state index contributed by atoms with van der Waals surface area (Å²) in [4.78, 5) is 30.2. The summed E-state index contributed by atoms with van der Waals surface area (Å²) in [7, 11) is 0. The van der Waals surface area contributed by atoms with Crippen LogP contribution < -0.4 is 10.5 Å². The second-order valence-corrected chi connectivity index (χ2v) is 5.05. The van der Waals surface area contributed by atoms with E-state index in [1.54, 1.807) is 30.7 Å². The van der Waals surface area contributed by atoms with E-state index in [9.17, 15) is 4.79 Å². The average molecular weight is 334 g/mol. The minimum atomic E-state index is -0.531. The number of hydrogen-bond donors (Lipinski definition) is 2. The Morgan fingerprint density at radius 2 is 2.24 bits per heavy atom. The molecular weight excluding hydrogens is 320 g/mol. The third-order valence-electron chi connectivity index (χ3n) is 3.32. The molecule has 0 aliphatic rings. The lowest BCUT2D eigenvalue weighted by Gasteiger charge is -2.04. The van der Waals surface area contributed by atoms with Gasteiger partial charge in [0.05, 0.1) is 11.9 Å². The maximum Gasteiger partial charge on any atom is 0.248 e. The minimum Gasteiger partial charge on any atom is -0.470 e. The van der Waals surface area contributed by atoms with Crippen LogP contribution in [-0.4, -0.2) is 39.0 Å². The Kier molecular flexibility index (Phi) is 4.67. The first-order chi connectivity index (χ1) is 12.2. The van der Waals surface area contributed by atoms with Gasteiger partial charge in [-0.3, -0.25) is 4.79 Å². The number of carbonyl (C=O) groups is 1. The van der Waals surface area contributed by atoms with Gasteiger partial charge in [-0.15, -0.1) is 0 Å². The van der Waals surface area contributed by atoms with Crippen molar-refractivity contribution in [2.75, 3.05) is 13.2 Å². The highest BCUT2D eigenvalue weighted by Gasteiger charge is 2.08. The molecule has 0 spiro atoms. The van der Waals surface area contributed by atoms with E-state index >= 15 is 0 Å². The van der Waals surface area contributed by atoms with Crippen LogP contribution in [0.4, 0.5) is 0 Å². The maximum absolute atomic E-state index is 10.9. The fourth-order valence-electron chi connectivity index (χ4n) is 2.16. The van der Waals surface area contributed by atoms with Crippen molar-refractivity contribution in [2.24, 2.45) is 5.73 Å². The molecule has 3 aromatic heterocycles. The molecule has 8 heteroatoms. The van der Waals surface area contributed by atoms with E-state index in [0.717, 1.165) is 11.1 Å². The van der Waals surface area contributed by atoms with Crippen molar-refractivity contribution in [3.8, 4) is 17.1 Å². The number of H-pyrrole nitrogens is 1. The molecule has 0 aliphatic heterocycles. The van der Waals surface area contributed by atoms with Crippen molar-refractivity contribution in [3.05, 3.63) is 53.8 Å². The summed E-state index contributed by atoms with van der Waals surface area (Å²) in [6.45, 7) is 7.31. The molecule has 124 valence electrons. The minimum absolute atomic E-state index is 0.292. The van der Waals surface area contributed by atoms with Crippen molar-refractivity contribution >= 4 is 23.1 Å². The van der Waals surface area contributed by atoms with Crippen LogP contribution >= 0.6 is 0 Å². The molecule has 0 atom stereocenters. The number of pyridine rings is 1. The second kappa shape index (κ2) is 7.23. The van der Waals surface area contributed by atoms with E-state index in [2.05, 4.69) is 24.8 Å². The van der Waals surface area contributed by atoms with Gasteiger partial charge in [-0.2, -0.15) is 0 Å². The molecule has 0 saturated heterocycles. The monoisotopic (exact) mass is 334 g/mol. The van der Waals surface area contributed by atoms with Gasteiger partial charge in [0, 0.05) is 35.7 Å². The average Bonchev–Trinajstić information content (AvgIpc) is 3.03. The Morgan fingerprint density at radius 3 is 2.96 bits per heavy atom. The zero-order valence-corrected chi connectivity index (χ0v) is 13.1. The normalized spacial score (nSPS) is 10.8. The summed E-state index contributed by atoms with van der Waals surface area (Å²) in [6, 6.07) is 3.54. The number of rotatable bonds is 6. The molecule has 0 fully saturated rings. The Labute approximate surface area is 143 Å². The van der Waals surface area contributed by atoms with Crippen molar-refractivity contribution in [3.63, 3.8) is 0 Å². The first kappa shape index (κ1) is 16.1. The Balaban J connectivity index is 1.87. The smallest absolute Gasteiger partial charge is 0.248 e. The van der Waals surface area contributed by atoms with E-state index in [1.165, 1.54) is 6.08 Å². The van der Waals surface area contributed by atoms with E-state index in [0.29, 0.717) is 35.9 Å². The number of amides is 1. The lowest BCUT2D eigenvalue weighted by Crippen LogP contribution is -2.05. The lowest BCUT2D eigenvalue weighted by atomic mass is 10.2. The molecule has 3 heterocycles. The summed E-state index contributed by atoms with van der Waals surface area (Å²) in [5, 5.41) is 0. The van der Waals surface area contributed by atoms with Crippen molar-refractivity contribution in [1.29, 1.82) is 0 Å². The van der Waals surface area contributed by atoms with Gasteiger partial charge in [-0.25, -0.2) is 21.5 Å². The Hall–Kier alpha value is -3.73. The Bertz CT molecular complexity index is 969. The number of hydrogen-bond acceptors (Lipinski definition) is 5. The molecule has 3 N–H and O–H groups in total. The number of nitrogens with one attached hydrogen (secondary N) is 1. The molecule has 0 aliphatic carbocycles. The number of aromatic amines is 1. The molecule has 0 unspecified atom stereocenters. The van der Waals surface area contributed by atoms with Gasteiger partial charge in [0.2, 0.25) is 18.3 Å². The van der Waals surface area contributed by atoms with E-state index in [-0.39, 0.29) is 0 Å². The van der Waals surface area contributed by atoms with Gasteiger partial charge < -0.3 is 20.3 Å². The molecule has 8 nitrogen and oxygen atoms in total. The molecule has 3 rings (SSSR count). The summed E-state index contributed by atoms with van der Waals surface area (Å²) >= 11 is 0. The zero-order chi connectivity index (χ0) is 17.6. The van der Waals surface area contributed by atoms with Crippen LogP contribution in [0, 0.1) is 6.57 Å². The highest BCUT2D eigenvalue weighted by Crippen LogP contribution is 2.22. The quantitative estimate of drug-likeness (QED) is 0.406. The van der Waals surface area contributed by atoms with Crippen LogP contribution in [0.3, 0.4) is 0 Å². The van der Waals surface area contributed by atoms with Gasteiger partial charge in [-0.05, 0) is 12.1 Å². The number of primary amides is 1. The van der Waals surface area contributed by atoms with Crippen LogP contribution in [0.25, 0.3) is 33.3 Å². The summed E-state index contributed by atoms with van der Waals surface area (Å²) in [5.41, 5.74) is 8.50. The fourth-order valence-corrected chi connectivity index (χ4v) is 2.16. The second-order valence-electron chi connectivity index (χ2n) is 5.05. The van der Waals surface area contributed by atoms with Crippen LogP contribution in [0.15, 0.2) is 36.8 Å². The van der Waals surface area contributed by atoms with E-state index in [4.69, 9.17) is 17.0 Å². The highest BCUT2D eigenvalue weighted by molar-refractivity contribution is 5.93. The predicted octanol–water partition coefficient (Wildman–Crippen LogP) is 1.82. The maximum atomic E-state index is 10.9. The lowest BCUT2D eigenvalue weighted by molar-refractivity contribution is -0.113. The molecule has 0 bridgehead atoms. The van der Waals surface area contributed by atoms with Gasteiger partial charge in [0.25, 0.3) is 0 Å². The van der Waals surface area contributed by atoms with E-state index < -0.39 is 5.91 Å². The van der Waals surface area contributed by atoms with Crippen LogP contribution in [0.5, 0.6) is 5.88 Å². The Morgan fingerprint density at radius 1 is 1.36 bits per heavy atom. The molecule has 0 radical (unpaired) electrons. The first-order valence-corrected chi connectivity index (χ1v) is 7.41. The number of carbonyl (C=O) groups excluding carboxylic acids is 1. The van der Waals surface area contributed by atoms with E-state index in [1.807, 2.05) is 6.07 Å². The van der Waals surface area contributed by atoms with Gasteiger partial charge in [0.1, 0.15) is 5.52 Å². The largest absolute Gasteiger partial charge is 0.470 e. The number of nitrogens with zero attached hydrogens (tertiary/aromatic N) is 4. The zero-order valence-electron chi connectivity index (χ0n) is 13.1. The number of aromatic nitrogens is 4. The highest BCUT2D eigenvalue weighted by atomic mass is 16.5. The third-order valence-corrected chi connectivity index (χ3v) is 3.32. The summed E-state index contributed by atoms with van der Waals surface area (Å²) in [5.74, 6) is -0.0790. The predicted molar refractivity (Wildman–Crippen MR) is 92.3 cm³/mol. The van der Waals surface area contributed by atoms with Crippen molar-refractivity contribution in [1.82, 2.24) is 19.9 Å². The summed E-state index contributed by atoms with van der Waals surface area (Å²) in [6.07, 6.45) is 7.84. The molecular formula is C17H14N6O2. The third kappa shape index (κ3) is 3.79. The molecule has 1 amide bonds. The molecule has 3 aromatic rings. The standard InChI is InChI=1S/C17H14N6O2/c1-19-6-7-25-15-5-3-11(8-20-15)13-10-22-17-16(23-13)12(9-21-17)2-4-14(18)24/h2-5,8-10H,6-7H2,(H2,18,24)(H,21,22)/b4-2+. The number of nitrogens with two attached hydrogens (primary N) is 1. The van der Waals surface area contributed by atoms with Crippen LogP contribution in [-0.2, 0) is 4.79 Å². The molecule has 25 heavy (non-hydrogen) atoms. The van der Waals surface area contributed by atoms with Gasteiger partial charge in [0.15, 0.2) is 12.3 Å². The fraction of sp³-hybridized carbons (Fsp3) is 0.118. The molecule has 0 aromatic carbocycles. The topological polar surface area (TPSA) is 111 Å². The van der Waals surface area contributed by atoms with Crippen LogP contribution in [0.2, 0.25) is 0 Å². The SMILES string of the molecule is [C-]#[N+]CCOc1ccc(-c2cnc3[nH]cc(/C=C/C(N)=O)c3n2)cn1. The van der Waals surface area contributed by atoms with Gasteiger partial charge >= 0.3 is 0 Å². The number of ether oxygens (including phenoxy) is 1. The van der Waals surface area contributed by atoms with Gasteiger partial charge in [-0.1, -0.05) is 0 Å². The summed E-state index contributed by atoms with van der Waals surface area (Å²) < 4.78 is 5.35. The molecule has 0 saturated carbocycles.